The molecule has 0 saturated carbocycles. The molecule has 0 spiro atoms. The van der Waals surface area contributed by atoms with Crippen molar-refractivity contribution in [1.29, 1.82) is 0 Å². The third-order valence-corrected chi connectivity index (χ3v) is 4.25. The Hall–Kier alpha value is -0.130. The van der Waals surface area contributed by atoms with Crippen LogP contribution < -0.4 is 0 Å². The van der Waals surface area contributed by atoms with Crippen molar-refractivity contribution < 1.29 is 13.5 Å². The zero-order chi connectivity index (χ0) is 11.7. The number of hydrogen-bond acceptors (Lipinski definition) is 3. The van der Waals surface area contributed by atoms with Crippen LogP contribution in [0.3, 0.4) is 0 Å². The molecule has 4 nitrogen and oxygen atoms in total. The molecule has 0 amide bonds. The van der Waals surface area contributed by atoms with Crippen molar-refractivity contribution in [3.63, 3.8) is 0 Å². The summed E-state index contributed by atoms with van der Waals surface area (Å²) in [6.07, 6.45) is 4.21. The van der Waals surface area contributed by atoms with Crippen LogP contribution in [0.15, 0.2) is 0 Å². The van der Waals surface area contributed by atoms with Gasteiger partial charge < -0.3 is 5.11 Å². The monoisotopic (exact) mass is 237 g/mol. The van der Waals surface area contributed by atoms with Crippen molar-refractivity contribution in [1.82, 2.24) is 4.31 Å². The smallest absolute Gasteiger partial charge is 0.213 e. The van der Waals surface area contributed by atoms with Crippen molar-refractivity contribution >= 4 is 10.0 Å². The summed E-state index contributed by atoms with van der Waals surface area (Å²) in [6, 6.07) is 0. The minimum atomic E-state index is -3.14. The lowest BCUT2D eigenvalue weighted by Gasteiger charge is -2.20. The summed E-state index contributed by atoms with van der Waals surface area (Å²) in [7, 11) is -3.14. The molecule has 0 aromatic heterocycles. The second-order valence-electron chi connectivity index (χ2n) is 3.58. The summed E-state index contributed by atoms with van der Waals surface area (Å²) in [5.74, 6) is 0.112. The lowest BCUT2D eigenvalue weighted by Crippen LogP contribution is -2.35. The molecule has 0 heterocycles. The van der Waals surface area contributed by atoms with Crippen LogP contribution in [0.25, 0.3) is 0 Å². The van der Waals surface area contributed by atoms with Crippen molar-refractivity contribution in [3.8, 4) is 0 Å². The third kappa shape index (κ3) is 6.12. The zero-order valence-electron chi connectivity index (χ0n) is 9.78. The van der Waals surface area contributed by atoms with Gasteiger partial charge in [0.15, 0.2) is 0 Å². The van der Waals surface area contributed by atoms with Gasteiger partial charge in [0, 0.05) is 13.1 Å². The highest BCUT2D eigenvalue weighted by molar-refractivity contribution is 7.89. The fourth-order valence-electron chi connectivity index (χ4n) is 1.40. The molecule has 0 unspecified atom stereocenters. The van der Waals surface area contributed by atoms with E-state index in [1.807, 2.05) is 0 Å². The topological polar surface area (TPSA) is 57.6 Å². The maximum atomic E-state index is 11.6. The number of sulfonamides is 1. The number of aliphatic hydroxyl groups is 1. The van der Waals surface area contributed by atoms with E-state index in [1.165, 1.54) is 4.31 Å². The lowest BCUT2D eigenvalue weighted by atomic mass is 10.2. The summed E-state index contributed by atoms with van der Waals surface area (Å²) in [5.41, 5.74) is 0. The van der Waals surface area contributed by atoms with Gasteiger partial charge in [-0.3, -0.25) is 0 Å². The Kier molecular flexibility index (Phi) is 8.00. The highest BCUT2D eigenvalue weighted by atomic mass is 32.2. The van der Waals surface area contributed by atoms with Crippen molar-refractivity contribution in [3.05, 3.63) is 0 Å². The van der Waals surface area contributed by atoms with Gasteiger partial charge in [0.25, 0.3) is 0 Å². The van der Waals surface area contributed by atoms with Gasteiger partial charge in [0.05, 0.1) is 12.4 Å². The quantitative estimate of drug-likeness (QED) is 0.613. The molecule has 0 radical (unpaired) electrons. The average molecular weight is 237 g/mol. The summed E-state index contributed by atoms with van der Waals surface area (Å²) < 4.78 is 24.5. The zero-order valence-corrected chi connectivity index (χ0v) is 10.6. The Morgan fingerprint density at radius 2 is 1.73 bits per heavy atom. The molecule has 0 saturated heterocycles. The van der Waals surface area contributed by atoms with Crippen LogP contribution in [0, 0.1) is 0 Å². The van der Waals surface area contributed by atoms with Gasteiger partial charge in [-0.25, -0.2) is 8.42 Å². The van der Waals surface area contributed by atoms with Gasteiger partial charge in [0.1, 0.15) is 0 Å². The second kappa shape index (κ2) is 8.07. The second-order valence-corrected chi connectivity index (χ2v) is 5.84. The van der Waals surface area contributed by atoms with Crippen LogP contribution >= 0.6 is 0 Å². The molecular weight excluding hydrogens is 214 g/mol. The Balaban J connectivity index is 4.05. The van der Waals surface area contributed by atoms with Crippen LogP contribution in [0.2, 0.25) is 0 Å². The van der Waals surface area contributed by atoms with Gasteiger partial charge in [-0.1, -0.05) is 26.2 Å². The Bertz CT molecular complexity index is 239. The van der Waals surface area contributed by atoms with Gasteiger partial charge in [0.2, 0.25) is 10.0 Å². The maximum absolute atomic E-state index is 11.6. The maximum Gasteiger partial charge on any atom is 0.213 e. The molecule has 0 fully saturated rings. The first kappa shape index (κ1) is 14.9. The van der Waals surface area contributed by atoms with Crippen LogP contribution in [-0.2, 0) is 10.0 Å². The van der Waals surface area contributed by atoms with Gasteiger partial charge >= 0.3 is 0 Å². The summed E-state index contributed by atoms with van der Waals surface area (Å²) in [6.45, 7) is 4.41. The summed E-state index contributed by atoms with van der Waals surface area (Å²) >= 11 is 0. The standard InChI is InChI=1S/C10H23NO3S/c1-3-5-6-7-8-11(9-10-12)15(13,14)4-2/h12H,3-10H2,1-2H3. The molecule has 0 aromatic carbocycles. The van der Waals surface area contributed by atoms with E-state index in [9.17, 15) is 8.42 Å². The molecule has 0 aliphatic carbocycles. The normalized spacial score (nSPS) is 12.3. The lowest BCUT2D eigenvalue weighted by molar-refractivity contribution is 0.252. The van der Waals surface area contributed by atoms with Crippen LogP contribution in [0.5, 0.6) is 0 Å². The van der Waals surface area contributed by atoms with E-state index >= 15 is 0 Å². The predicted octanol–water partition coefficient (Wildman–Crippen LogP) is 1.21. The predicted molar refractivity (Wildman–Crippen MR) is 62.3 cm³/mol. The van der Waals surface area contributed by atoms with Crippen molar-refractivity contribution in [2.45, 2.75) is 39.5 Å². The molecular formula is C10H23NO3S. The first-order valence-electron chi connectivity index (χ1n) is 5.67. The van der Waals surface area contributed by atoms with E-state index in [1.54, 1.807) is 6.92 Å². The third-order valence-electron chi connectivity index (χ3n) is 2.37. The number of unbranched alkanes of at least 4 members (excludes halogenated alkanes) is 3. The van der Waals surface area contributed by atoms with E-state index < -0.39 is 10.0 Å². The molecule has 0 atom stereocenters. The molecule has 0 aliphatic heterocycles. The molecule has 0 bridgehead atoms. The van der Waals surface area contributed by atoms with Crippen LogP contribution in [0.4, 0.5) is 0 Å². The Morgan fingerprint density at radius 1 is 1.07 bits per heavy atom. The van der Waals surface area contributed by atoms with E-state index in [4.69, 9.17) is 5.11 Å². The van der Waals surface area contributed by atoms with Crippen LogP contribution in [0.1, 0.15) is 39.5 Å². The van der Waals surface area contributed by atoms with E-state index in [0.717, 1.165) is 25.7 Å². The number of rotatable bonds is 9. The number of aliphatic hydroxyl groups excluding tert-OH is 1. The van der Waals surface area contributed by atoms with Crippen LogP contribution in [-0.4, -0.2) is 43.3 Å². The Labute approximate surface area is 93.3 Å². The summed E-state index contributed by atoms with van der Waals surface area (Å²) in [5, 5.41) is 8.79. The first-order valence-corrected chi connectivity index (χ1v) is 7.28. The molecule has 0 rings (SSSR count). The molecule has 1 N–H and O–H groups in total. The average Bonchev–Trinajstić information content (AvgIpc) is 2.22. The van der Waals surface area contributed by atoms with Crippen molar-refractivity contribution in [2.75, 3.05) is 25.4 Å². The fourth-order valence-corrected chi connectivity index (χ4v) is 2.53. The SMILES string of the molecule is CCCCCCN(CCO)S(=O)(=O)CC. The van der Waals surface area contributed by atoms with Gasteiger partial charge in [-0.05, 0) is 13.3 Å². The van der Waals surface area contributed by atoms with Gasteiger partial charge in [-0.2, -0.15) is 4.31 Å². The van der Waals surface area contributed by atoms with E-state index in [2.05, 4.69) is 6.92 Å². The van der Waals surface area contributed by atoms with Gasteiger partial charge in [-0.15, -0.1) is 0 Å². The fraction of sp³-hybridized carbons (Fsp3) is 1.00. The van der Waals surface area contributed by atoms with E-state index in [-0.39, 0.29) is 18.9 Å². The number of nitrogens with zero attached hydrogens (tertiary/aromatic N) is 1. The largest absolute Gasteiger partial charge is 0.395 e. The Morgan fingerprint density at radius 3 is 2.20 bits per heavy atom. The minimum absolute atomic E-state index is 0.104. The number of hydrogen-bond donors (Lipinski definition) is 1. The molecule has 15 heavy (non-hydrogen) atoms. The van der Waals surface area contributed by atoms with E-state index in [0.29, 0.717) is 6.54 Å². The molecule has 0 aromatic rings. The first-order chi connectivity index (χ1) is 7.08. The minimum Gasteiger partial charge on any atom is -0.395 e. The highest BCUT2D eigenvalue weighted by Gasteiger charge is 2.18. The highest BCUT2D eigenvalue weighted by Crippen LogP contribution is 2.06. The molecule has 5 heteroatoms. The molecule has 92 valence electrons. The molecule has 0 aliphatic rings. The van der Waals surface area contributed by atoms with Crippen molar-refractivity contribution in [2.24, 2.45) is 0 Å². The summed E-state index contributed by atoms with van der Waals surface area (Å²) in [4.78, 5) is 0.